The second-order valence-electron chi connectivity index (χ2n) is 8.00. The minimum atomic E-state index is -1.36. The summed E-state index contributed by atoms with van der Waals surface area (Å²) in [5.41, 5.74) is 4.69. The molecule has 5 nitrogen and oxygen atoms in total. The Hall–Kier alpha value is -3.96. The smallest absolute Gasteiger partial charge is 0.133 e. The molecular weight excluding hydrogens is 396 g/mol. The van der Waals surface area contributed by atoms with Crippen LogP contribution in [0.15, 0.2) is 103 Å². The lowest BCUT2D eigenvalue weighted by Crippen LogP contribution is -2.25. The van der Waals surface area contributed by atoms with Gasteiger partial charge in [-0.2, -0.15) is 0 Å². The highest BCUT2D eigenvalue weighted by Gasteiger charge is 2.35. The molecule has 0 saturated heterocycles. The van der Waals surface area contributed by atoms with Crippen LogP contribution < -0.4 is 0 Å². The molecule has 2 N–H and O–H groups in total. The molecule has 1 atom stereocenters. The Bertz CT molecular complexity index is 1310. The Morgan fingerprint density at radius 1 is 0.844 bits per heavy atom. The van der Waals surface area contributed by atoms with Crippen molar-refractivity contribution in [1.82, 2.24) is 20.0 Å². The summed E-state index contributed by atoms with van der Waals surface area (Å²) in [5, 5.41) is 20.9. The Morgan fingerprint density at radius 2 is 1.53 bits per heavy atom. The molecule has 2 aromatic heterocycles. The number of hydrogen-bond acceptors (Lipinski definition) is 3. The van der Waals surface area contributed by atoms with Crippen LogP contribution in [-0.2, 0) is 12.1 Å². The summed E-state index contributed by atoms with van der Waals surface area (Å²) in [6.07, 6.45) is 1.88. The van der Waals surface area contributed by atoms with Gasteiger partial charge >= 0.3 is 0 Å². The van der Waals surface area contributed by atoms with Gasteiger partial charge in [0.15, 0.2) is 0 Å². The van der Waals surface area contributed by atoms with Crippen LogP contribution in [-0.4, -0.2) is 25.1 Å². The summed E-state index contributed by atoms with van der Waals surface area (Å²) in [6, 6.07) is 32.0. The first-order valence-electron chi connectivity index (χ1n) is 10.6. The number of benzene rings is 3. The maximum atomic E-state index is 11.9. The first-order valence-corrected chi connectivity index (χ1v) is 10.6. The Morgan fingerprint density at radius 3 is 2.25 bits per heavy atom. The third-order valence-corrected chi connectivity index (χ3v) is 5.76. The fourth-order valence-corrected chi connectivity index (χ4v) is 4.16. The minimum Gasteiger partial charge on any atom is -0.379 e. The van der Waals surface area contributed by atoms with Gasteiger partial charge in [-0.15, -0.1) is 5.10 Å². The van der Waals surface area contributed by atoms with E-state index in [1.807, 2.05) is 95.8 Å². The van der Waals surface area contributed by atoms with E-state index in [1.54, 1.807) is 6.92 Å². The van der Waals surface area contributed by atoms with Gasteiger partial charge in [-0.05, 0) is 30.2 Å². The van der Waals surface area contributed by atoms with E-state index in [-0.39, 0.29) is 0 Å². The van der Waals surface area contributed by atoms with Crippen molar-refractivity contribution < 1.29 is 5.11 Å². The molecule has 0 spiro atoms. The van der Waals surface area contributed by atoms with Gasteiger partial charge in [0.25, 0.3) is 0 Å². The van der Waals surface area contributed by atoms with Crippen LogP contribution in [0.1, 0.15) is 23.7 Å². The summed E-state index contributed by atoms with van der Waals surface area (Å²) in [5.74, 6) is 0. The van der Waals surface area contributed by atoms with Crippen LogP contribution in [0, 0.1) is 0 Å². The summed E-state index contributed by atoms with van der Waals surface area (Å²) >= 11 is 0. The summed E-state index contributed by atoms with van der Waals surface area (Å²) in [4.78, 5) is 3.25. The van der Waals surface area contributed by atoms with E-state index >= 15 is 0 Å². The number of rotatable bonds is 6. The Labute approximate surface area is 187 Å². The van der Waals surface area contributed by atoms with Crippen LogP contribution in [0.4, 0.5) is 0 Å². The molecule has 158 valence electrons. The normalized spacial score (nSPS) is 13.1. The van der Waals surface area contributed by atoms with Crippen molar-refractivity contribution in [1.29, 1.82) is 0 Å². The first-order chi connectivity index (χ1) is 15.6. The van der Waals surface area contributed by atoms with E-state index in [1.165, 1.54) is 0 Å². The summed E-state index contributed by atoms with van der Waals surface area (Å²) < 4.78 is 1.87. The zero-order chi connectivity index (χ0) is 22.0. The second kappa shape index (κ2) is 8.29. The predicted octanol–water partition coefficient (Wildman–Crippen LogP) is 5.24. The monoisotopic (exact) mass is 420 g/mol. The summed E-state index contributed by atoms with van der Waals surface area (Å²) in [6.45, 7) is 2.35. The fourth-order valence-electron chi connectivity index (χ4n) is 4.16. The van der Waals surface area contributed by atoms with Gasteiger partial charge < -0.3 is 10.1 Å². The number of aromatic nitrogens is 4. The second-order valence-corrected chi connectivity index (χ2v) is 8.00. The molecule has 0 aliphatic carbocycles. The molecule has 0 amide bonds. The molecular formula is C27H24N4O. The molecule has 0 aliphatic rings. The number of aliphatic hydroxyl groups is 1. The van der Waals surface area contributed by atoms with Crippen molar-refractivity contribution in [3.8, 4) is 22.5 Å². The van der Waals surface area contributed by atoms with Crippen molar-refractivity contribution in [3.63, 3.8) is 0 Å². The lowest BCUT2D eigenvalue weighted by Gasteiger charge is -2.25. The van der Waals surface area contributed by atoms with Crippen molar-refractivity contribution in [2.24, 2.45) is 0 Å². The number of nitrogens with one attached hydrogen (secondary N) is 1. The van der Waals surface area contributed by atoms with Crippen LogP contribution in [0.25, 0.3) is 22.5 Å². The number of aromatic amines is 1. The van der Waals surface area contributed by atoms with Crippen LogP contribution in [0.5, 0.6) is 0 Å². The van der Waals surface area contributed by atoms with E-state index in [0.717, 1.165) is 33.6 Å². The van der Waals surface area contributed by atoms with E-state index in [2.05, 4.69) is 27.4 Å². The Balaban J connectivity index is 1.67. The molecule has 1 unspecified atom stereocenters. The average molecular weight is 421 g/mol. The highest BCUT2D eigenvalue weighted by atomic mass is 16.3. The van der Waals surface area contributed by atoms with E-state index < -0.39 is 5.60 Å². The largest absolute Gasteiger partial charge is 0.379 e. The average Bonchev–Trinajstić information content (AvgIpc) is 3.51. The topological polar surface area (TPSA) is 66.7 Å². The van der Waals surface area contributed by atoms with Gasteiger partial charge in [-0.1, -0.05) is 90.1 Å². The van der Waals surface area contributed by atoms with Gasteiger partial charge in [0, 0.05) is 23.0 Å². The summed E-state index contributed by atoms with van der Waals surface area (Å²) in [7, 11) is 0. The van der Waals surface area contributed by atoms with Gasteiger partial charge in [0.2, 0.25) is 0 Å². The van der Waals surface area contributed by atoms with Crippen LogP contribution in [0.3, 0.4) is 0 Å². The first kappa shape index (κ1) is 20.0. The van der Waals surface area contributed by atoms with Crippen molar-refractivity contribution in [3.05, 3.63) is 120 Å². The molecule has 0 saturated carbocycles. The molecule has 5 aromatic rings. The molecule has 5 heteroatoms. The van der Waals surface area contributed by atoms with Crippen molar-refractivity contribution in [2.75, 3.05) is 0 Å². The highest BCUT2D eigenvalue weighted by Crippen LogP contribution is 2.39. The number of nitrogens with zero attached hydrogens (tertiary/aromatic N) is 3. The molecule has 0 fully saturated rings. The quantitative estimate of drug-likeness (QED) is 0.395. The molecule has 0 radical (unpaired) electrons. The molecule has 3 aromatic carbocycles. The van der Waals surface area contributed by atoms with Crippen molar-refractivity contribution in [2.45, 2.75) is 19.1 Å². The number of H-pyrrole nitrogens is 1. The SMILES string of the molecule is CC(O)(c1ccccc1-c1ccc[nH]1)c1nnn(Cc2ccccc2)c1-c1ccccc1. The van der Waals surface area contributed by atoms with E-state index in [0.29, 0.717) is 12.2 Å². The van der Waals surface area contributed by atoms with Crippen molar-refractivity contribution >= 4 is 0 Å². The zero-order valence-electron chi connectivity index (χ0n) is 17.8. The van der Waals surface area contributed by atoms with Crippen LogP contribution in [0.2, 0.25) is 0 Å². The third-order valence-electron chi connectivity index (χ3n) is 5.76. The van der Waals surface area contributed by atoms with Gasteiger partial charge in [0.1, 0.15) is 11.3 Å². The maximum absolute atomic E-state index is 11.9. The molecule has 0 bridgehead atoms. The lowest BCUT2D eigenvalue weighted by molar-refractivity contribution is 0.0984. The Kier molecular flexibility index (Phi) is 5.17. The van der Waals surface area contributed by atoms with Gasteiger partial charge in [-0.25, -0.2) is 4.68 Å². The van der Waals surface area contributed by atoms with E-state index in [4.69, 9.17) is 0 Å². The minimum absolute atomic E-state index is 0.527. The van der Waals surface area contributed by atoms with Gasteiger partial charge in [-0.3, -0.25) is 0 Å². The number of hydrogen-bond donors (Lipinski definition) is 2. The van der Waals surface area contributed by atoms with Crippen LogP contribution >= 0.6 is 0 Å². The zero-order valence-corrected chi connectivity index (χ0v) is 17.8. The highest BCUT2D eigenvalue weighted by molar-refractivity contribution is 5.69. The third kappa shape index (κ3) is 3.63. The predicted molar refractivity (Wildman–Crippen MR) is 126 cm³/mol. The molecule has 32 heavy (non-hydrogen) atoms. The van der Waals surface area contributed by atoms with E-state index in [9.17, 15) is 5.11 Å². The molecule has 0 aliphatic heterocycles. The van der Waals surface area contributed by atoms with Gasteiger partial charge in [0.05, 0.1) is 12.2 Å². The maximum Gasteiger partial charge on any atom is 0.133 e. The molecule has 5 rings (SSSR count). The molecule has 2 heterocycles. The fraction of sp³-hybridized carbons (Fsp3) is 0.111. The standard InChI is InChI=1S/C27H24N4O/c1-27(32,23-16-9-8-15-22(23)24-17-10-18-28-24)26-25(21-13-6-3-7-14-21)31(30-29-26)19-20-11-4-2-5-12-20/h2-18,28,32H,19H2,1H3. The lowest BCUT2D eigenvalue weighted by atomic mass is 9.85.